The topological polar surface area (TPSA) is 48.3 Å². The van der Waals surface area contributed by atoms with Gasteiger partial charge < -0.3 is 4.74 Å². The van der Waals surface area contributed by atoms with Crippen LogP contribution in [0.2, 0.25) is 0 Å². The second-order valence-electron chi connectivity index (χ2n) is 7.61. The van der Waals surface area contributed by atoms with Crippen molar-refractivity contribution >= 4 is 0 Å². The van der Waals surface area contributed by atoms with E-state index in [9.17, 15) is 5.26 Å². The van der Waals surface area contributed by atoms with Crippen LogP contribution in [0, 0.1) is 17.2 Å². The third-order valence-electron chi connectivity index (χ3n) is 5.13. The highest BCUT2D eigenvalue weighted by molar-refractivity contribution is 5.14. The van der Waals surface area contributed by atoms with E-state index in [0.29, 0.717) is 12.0 Å². The lowest BCUT2D eigenvalue weighted by atomic mass is 9.84. The molecule has 1 aliphatic heterocycles. The van der Waals surface area contributed by atoms with Crippen molar-refractivity contribution in [2.45, 2.75) is 70.5 Å². The van der Waals surface area contributed by atoms with Gasteiger partial charge in [0.2, 0.25) is 0 Å². The van der Waals surface area contributed by atoms with Crippen molar-refractivity contribution in [3.05, 3.63) is 0 Å². The molecule has 2 unspecified atom stereocenters. The highest BCUT2D eigenvalue weighted by Crippen LogP contribution is 2.38. The fourth-order valence-corrected chi connectivity index (χ4v) is 3.97. The van der Waals surface area contributed by atoms with E-state index in [1.807, 2.05) is 0 Å². The summed E-state index contributed by atoms with van der Waals surface area (Å²) < 4.78 is 5.60. The number of hydrogen-bond acceptors (Lipinski definition) is 4. The van der Waals surface area contributed by atoms with Gasteiger partial charge in [-0.25, -0.2) is 0 Å². The van der Waals surface area contributed by atoms with Crippen molar-refractivity contribution in [1.82, 2.24) is 10.2 Å². The third kappa shape index (κ3) is 3.77. The average Bonchev–Trinajstić information content (AvgIpc) is 2.79. The number of morpholine rings is 1. The lowest BCUT2D eigenvalue weighted by molar-refractivity contribution is -0.0534. The van der Waals surface area contributed by atoms with Gasteiger partial charge in [-0.3, -0.25) is 10.2 Å². The number of nitrogens with one attached hydrogen (secondary N) is 1. The van der Waals surface area contributed by atoms with E-state index in [1.54, 1.807) is 0 Å². The lowest BCUT2D eigenvalue weighted by Gasteiger charge is -2.43. The van der Waals surface area contributed by atoms with Gasteiger partial charge in [0, 0.05) is 18.1 Å². The fourth-order valence-electron chi connectivity index (χ4n) is 3.97. The predicted octanol–water partition coefficient (Wildman–Crippen LogP) is 2.55. The number of nitrogens with zero attached hydrogens (tertiary/aromatic N) is 2. The molecule has 1 aliphatic carbocycles. The molecular weight excluding hydrogens is 262 g/mol. The molecule has 0 aromatic rings. The Balaban J connectivity index is 1.96. The Kier molecular flexibility index (Phi) is 5.29. The molecule has 1 saturated heterocycles. The number of nitriles is 1. The Bertz CT molecular complexity index is 388. The molecule has 2 rings (SSSR count). The summed E-state index contributed by atoms with van der Waals surface area (Å²) in [7, 11) is 0. The van der Waals surface area contributed by atoms with Crippen LogP contribution in [0.25, 0.3) is 0 Å². The van der Waals surface area contributed by atoms with Crippen LogP contribution in [0.15, 0.2) is 0 Å². The minimum Gasteiger partial charge on any atom is -0.378 e. The molecule has 120 valence electrons. The number of rotatable bonds is 5. The van der Waals surface area contributed by atoms with E-state index >= 15 is 0 Å². The molecule has 2 aliphatic rings. The molecule has 0 spiro atoms. The SMILES string of the molecule is CC(C)NC1(C#N)CCCC1CCN1CCOCC1(C)C. The summed E-state index contributed by atoms with van der Waals surface area (Å²) in [5, 5.41) is 13.3. The molecule has 2 fully saturated rings. The van der Waals surface area contributed by atoms with Gasteiger partial charge in [-0.15, -0.1) is 0 Å². The summed E-state index contributed by atoms with van der Waals surface area (Å²) in [4.78, 5) is 2.53. The van der Waals surface area contributed by atoms with E-state index in [0.717, 1.165) is 39.1 Å². The minimum atomic E-state index is -0.301. The minimum absolute atomic E-state index is 0.123. The predicted molar refractivity (Wildman–Crippen MR) is 85.0 cm³/mol. The quantitative estimate of drug-likeness (QED) is 0.846. The molecule has 4 nitrogen and oxygen atoms in total. The van der Waals surface area contributed by atoms with E-state index in [4.69, 9.17) is 4.74 Å². The zero-order valence-corrected chi connectivity index (χ0v) is 14.1. The summed E-state index contributed by atoms with van der Waals surface area (Å²) in [5.74, 6) is 0.476. The molecule has 1 heterocycles. The first kappa shape index (κ1) is 16.7. The average molecular weight is 293 g/mol. The summed E-state index contributed by atoms with van der Waals surface area (Å²) in [6.07, 6.45) is 4.46. The maximum absolute atomic E-state index is 9.73. The largest absolute Gasteiger partial charge is 0.378 e. The molecular formula is C17H31N3O. The van der Waals surface area contributed by atoms with Crippen molar-refractivity contribution < 1.29 is 4.74 Å². The van der Waals surface area contributed by atoms with Crippen LogP contribution >= 0.6 is 0 Å². The zero-order valence-electron chi connectivity index (χ0n) is 14.1. The first-order valence-corrected chi connectivity index (χ1v) is 8.41. The second-order valence-corrected chi connectivity index (χ2v) is 7.61. The van der Waals surface area contributed by atoms with Crippen LogP contribution in [-0.4, -0.2) is 48.3 Å². The van der Waals surface area contributed by atoms with E-state index in [-0.39, 0.29) is 11.1 Å². The maximum atomic E-state index is 9.73. The molecule has 0 radical (unpaired) electrons. The normalized spacial score (nSPS) is 33.2. The van der Waals surface area contributed by atoms with Gasteiger partial charge in [-0.2, -0.15) is 5.26 Å². The van der Waals surface area contributed by atoms with Gasteiger partial charge >= 0.3 is 0 Å². The summed E-state index contributed by atoms with van der Waals surface area (Å²) in [6.45, 7) is 12.5. The molecule has 21 heavy (non-hydrogen) atoms. The zero-order chi connectivity index (χ0) is 15.5. The smallest absolute Gasteiger partial charge is 0.109 e. The van der Waals surface area contributed by atoms with Crippen molar-refractivity contribution in [3.8, 4) is 6.07 Å². The van der Waals surface area contributed by atoms with Gasteiger partial charge in [0.05, 0.1) is 19.3 Å². The Hall–Kier alpha value is -0.630. The highest BCUT2D eigenvalue weighted by atomic mass is 16.5. The Labute approximate surface area is 129 Å². The molecule has 4 heteroatoms. The molecule has 0 amide bonds. The summed E-state index contributed by atoms with van der Waals surface area (Å²) in [6, 6.07) is 2.98. The second kappa shape index (κ2) is 6.64. The van der Waals surface area contributed by atoms with Gasteiger partial charge in [-0.05, 0) is 59.4 Å². The van der Waals surface area contributed by atoms with Gasteiger partial charge in [0.15, 0.2) is 0 Å². The highest BCUT2D eigenvalue weighted by Gasteiger charge is 2.43. The molecule has 1 N–H and O–H groups in total. The van der Waals surface area contributed by atoms with Gasteiger partial charge in [0.25, 0.3) is 0 Å². The van der Waals surface area contributed by atoms with Gasteiger partial charge in [0.1, 0.15) is 5.54 Å². The van der Waals surface area contributed by atoms with Crippen molar-refractivity contribution in [2.75, 3.05) is 26.3 Å². The number of ether oxygens (including phenoxy) is 1. The molecule has 2 atom stereocenters. The van der Waals surface area contributed by atoms with Crippen molar-refractivity contribution in [2.24, 2.45) is 5.92 Å². The van der Waals surface area contributed by atoms with Crippen LogP contribution < -0.4 is 5.32 Å². The Morgan fingerprint density at radius 2 is 2.19 bits per heavy atom. The van der Waals surface area contributed by atoms with Crippen molar-refractivity contribution in [3.63, 3.8) is 0 Å². The maximum Gasteiger partial charge on any atom is 0.109 e. The first-order chi connectivity index (χ1) is 9.89. The lowest BCUT2D eigenvalue weighted by Crippen LogP contribution is -2.55. The monoisotopic (exact) mass is 293 g/mol. The third-order valence-corrected chi connectivity index (χ3v) is 5.13. The van der Waals surface area contributed by atoms with Crippen LogP contribution in [0.1, 0.15) is 53.4 Å². The summed E-state index contributed by atoms with van der Waals surface area (Å²) in [5.41, 5.74) is -0.178. The molecule has 0 aromatic heterocycles. The van der Waals surface area contributed by atoms with Crippen LogP contribution in [0.3, 0.4) is 0 Å². The summed E-state index contributed by atoms with van der Waals surface area (Å²) >= 11 is 0. The van der Waals surface area contributed by atoms with Gasteiger partial charge in [-0.1, -0.05) is 6.42 Å². The molecule has 0 bridgehead atoms. The van der Waals surface area contributed by atoms with E-state index in [2.05, 4.69) is 44.0 Å². The molecule has 1 saturated carbocycles. The van der Waals surface area contributed by atoms with Crippen molar-refractivity contribution in [1.29, 1.82) is 5.26 Å². The Morgan fingerprint density at radius 3 is 2.81 bits per heavy atom. The van der Waals surface area contributed by atoms with E-state index < -0.39 is 0 Å². The standard InChI is InChI=1S/C17H31N3O/c1-14(2)19-17(12-18)8-5-6-15(17)7-9-20-10-11-21-13-16(20,3)4/h14-15,19H,5-11,13H2,1-4H3. The fraction of sp³-hybridized carbons (Fsp3) is 0.941. The van der Waals surface area contributed by atoms with Crippen LogP contribution in [0.5, 0.6) is 0 Å². The van der Waals surface area contributed by atoms with E-state index in [1.165, 1.54) is 12.8 Å². The number of hydrogen-bond donors (Lipinski definition) is 1. The Morgan fingerprint density at radius 1 is 1.43 bits per heavy atom. The van der Waals surface area contributed by atoms with Crippen LogP contribution in [0.4, 0.5) is 0 Å². The first-order valence-electron chi connectivity index (χ1n) is 8.41. The van der Waals surface area contributed by atoms with Crippen LogP contribution in [-0.2, 0) is 4.74 Å². The molecule has 0 aromatic carbocycles.